The molecule has 8 heteroatoms. The zero-order valence-corrected chi connectivity index (χ0v) is 19.0. The summed E-state index contributed by atoms with van der Waals surface area (Å²) in [6.45, 7) is 5.00. The van der Waals surface area contributed by atoms with Crippen LogP contribution in [0.25, 0.3) is 0 Å². The summed E-state index contributed by atoms with van der Waals surface area (Å²) in [5, 5.41) is 3.15. The van der Waals surface area contributed by atoms with Gasteiger partial charge in [-0.2, -0.15) is 4.31 Å². The van der Waals surface area contributed by atoms with Gasteiger partial charge in [0.05, 0.1) is 12.9 Å². The molecular weight excluding hydrogens is 402 g/mol. The third kappa shape index (κ3) is 5.34. The fourth-order valence-electron chi connectivity index (χ4n) is 4.75. The van der Waals surface area contributed by atoms with Gasteiger partial charge in [0.1, 0.15) is 5.75 Å². The number of methoxy groups -OCH3 is 1. The van der Waals surface area contributed by atoms with Crippen molar-refractivity contribution in [3.8, 4) is 5.75 Å². The fraction of sp³-hybridized carbons (Fsp3) is 0.682. The molecule has 1 saturated carbocycles. The van der Waals surface area contributed by atoms with Gasteiger partial charge in [0.25, 0.3) is 5.91 Å². The third-order valence-corrected chi connectivity index (χ3v) is 8.54. The monoisotopic (exact) mass is 437 g/mol. The highest BCUT2D eigenvalue weighted by Gasteiger charge is 2.40. The number of sulfonamides is 1. The van der Waals surface area contributed by atoms with Gasteiger partial charge in [-0.05, 0) is 37.5 Å². The molecule has 0 bridgehead atoms. The van der Waals surface area contributed by atoms with Gasteiger partial charge in [-0.3, -0.25) is 9.69 Å². The number of ether oxygens (including phenoxy) is 1. The molecule has 0 aromatic heterocycles. The van der Waals surface area contributed by atoms with Crippen LogP contribution in [0.5, 0.6) is 5.75 Å². The van der Waals surface area contributed by atoms with Crippen LogP contribution >= 0.6 is 0 Å². The number of hydrogen-bond acceptors (Lipinski definition) is 5. The Labute approximate surface area is 180 Å². The van der Waals surface area contributed by atoms with Crippen molar-refractivity contribution in [3.63, 3.8) is 0 Å². The minimum absolute atomic E-state index is 0.0899. The average Bonchev–Trinajstić information content (AvgIpc) is 2.78. The zero-order valence-electron chi connectivity index (χ0n) is 18.2. The summed E-state index contributed by atoms with van der Waals surface area (Å²) in [4.78, 5) is 15.2. The molecule has 7 nitrogen and oxygen atoms in total. The van der Waals surface area contributed by atoms with Crippen LogP contribution in [0.1, 0.15) is 55.8 Å². The van der Waals surface area contributed by atoms with E-state index in [-0.39, 0.29) is 17.2 Å². The molecule has 2 aliphatic rings. The van der Waals surface area contributed by atoms with Gasteiger partial charge in [-0.1, -0.05) is 32.3 Å². The van der Waals surface area contributed by atoms with Gasteiger partial charge in [-0.15, -0.1) is 0 Å². The topological polar surface area (TPSA) is 79.0 Å². The van der Waals surface area contributed by atoms with E-state index in [2.05, 4.69) is 10.2 Å². The lowest BCUT2D eigenvalue weighted by molar-refractivity contribution is 0.0240. The van der Waals surface area contributed by atoms with Crippen LogP contribution in [0.4, 0.5) is 0 Å². The minimum atomic E-state index is -3.15. The number of carbonyl (C=O) groups is 1. The van der Waals surface area contributed by atoms with Crippen LogP contribution in [0.2, 0.25) is 0 Å². The predicted molar refractivity (Wildman–Crippen MR) is 118 cm³/mol. The highest BCUT2D eigenvalue weighted by atomic mass is 32.2. The second kappa shape index (κ2) is 10.1. The Hall–Kier alpha value is -1.64. The molecule has 168 valence electrons. The van der Waals surface area contributed by atoms with Crippen molar-refractivity contribution in [3.05, 3.63) is 29.8 Å². The van der Waals surface area contributed by atoms with Crippen LogP contribution in [0.15, 0.2) is 24.3 Å². The average molecular weight is 438 g/mol. The van der Waals surface area contributed by atoms with Crippen molar-refractivity contribution < 1.29 is 17.9 Å². The lowest BCUT2D eigenvalue weighted by Crippen LogP contribution is -2.62. The number of hydrogen-bond donors (Lipinski definition) is 1. The molecule has 1 amide bonds. The fourth-order valence-corrected chi connectivity index (χ4v) is 6.25. The standard InChI is InChI=1S/C22H35N3O4S/c1-3-16-30(27,28)25-14-12-24(13-15-25)22(10-5-4-6-11-22)18-23-21(26)19-8-7-9-20(17-19)29-2/h7-9,17H,3-6,10-16,18H2,1-2H3,(H,23,26). The predicted octanol–water partition coefficient (Wildman–Crippen LogP) is 2.49. The molecule has 0 unspecified atom stereocenters. The number of rotatable bonds is 8. The van der Waals surface area contributed by atoms with Crippen molar-refractivity contribution in [1.82, 2.24) is 14.5 Å². The molecule has 1 aromatic rings. The van der Waals surface area contributed by atoms with E-state index in [4.69, 9.17) is 4.74 Å². The van der Waals surface area contributed by atoms with E-state index in [0.29, 0.717) is 37.4 Å². The summed E-state index contributed by atoms with van der Waals surface area (Å²) in [5.74, 6) is 0.789. The van der Waals surface area contributed by atoms with Gasteiger partial charge in [0.15, 0.2) is 0 Å². The van der Waals surface area contributed by atoms with Crippen molar-refractivity contribution in [2.45, 2.75) is 51.0 Å². The molecule has 30 heavy (non-hydrogen) atoms. The maximum Gasteiger partial charge on any atom is 0.251 e. The van der Waals surface area contributed by atoms with Gasteiger partial charge < -0.3 is 10.1 Å². The van der Waals surface area contributed by atoms with Gasteiger partial charge in [-0.25, -0.2) is 8.42 Å². The molecule has 1 heterocycles. The Kier molecular flexibility index (Phi) is 7.76. The first kappa shape index (κ1) is 23.0. The van der Waals surface area contributed by atoms with Gasteiger partial charge in [0, 0.05) is 43.8 Å². The minimum Gasteiger partial charge on any atom is -0.497 e. The molecule has 1 aromatic carbocycles. The molecule has 3 rings (SSSR count). The normalized spacial score (nSPS) is 20.6. The van der Waals surface area contributed by atoms with E-state index in [1.54, 1.807) is 23.5 Å². The first-order chi connectivity index (χ1) is 14.4. The van der Waals surface area contributed by atoms with Crippen LogP contribution < -0.4 is 10.1 Å². The molecule has 0 spiro atoms. The Morgan fingerprint density at radius 1 is 1.13 bits per heavy atom. The number of piperazine rings is 1. The molecule has 0 atom stereocenters. The van der Waals surface area contributed by atoms with Crippen LogP contribution in [-0.2, 0) is 10.0 Å². The van der Waals surface area contributed by atoms with E-state index in [1.165, 1.54) is 6.42 Å². The van der Waals surface area contributed by atoms with E-state index < -0.39 is 10.0 Å². The molecule has 0 radical (unpaired) electrons. The van der Waals surface area contributed by atoms with Crippen molar-refractivity contribution in [2.24, 2.45) is 0 Å². The summed E-state index contributed by atoms with van der Waals surface area (Å²) in [6, 6.07) is 7.19. The zero-order chi connectivity index (χ0) is 21.6. The van der Waals surface area contributed by atoms with Crippen molar-refractivity contribution in [1.29, 1.82) is 0 Å². The second-order valence-electron chi connectivity index (χ2n) is 8.40. The molecule has 2 fully saturated rings. The quantitative estimate of drug-likeness (QED) is 0.676. The number of benzene rings is 1. The van der Waals surface area contributed by atoms with E-state index >= 15 is 0 Å². The summed E-state index contributed by atoms with van der Waals surface area (Å²) in [6.07, 6.45) is 6.21. The van der Waals surface area contributed by atoms with E-state index in [0.717, 1.165) is 38.8 Å². The number of nitrogens with zero attached hydrogens (tertiary/aromatic N) is 2. The molecule has 1 N–H and O–H groups in total. The summed E-state index contributed by atoms with van der Waals surface area (Å²) in [7, 11) is -1.56. The van der Waals surface area contributed by atoms with E-state index in [1.807, 2.05) is 19.1 Å². The second-order valence-corrected chi connectivity index (χ2v) is 10.5. The Morgan fingerprint density at radius 3 is 2.47 bits per heavy atom. The Bertz CT molecular complexity index is 813. The first-order valence-corrected chi connectivity index (χ1v) is 12.7. The molecule has 1 aliphatic carbocycles. The highest BCUT2D eigenvalue weighted by molar-refractivity contribution is 7.89. The Balaban J connectivity index is 1.66. The summed E-state index contributed by atoms with van der Waals surface area (Å²) < 4.78 is 31.7. The van der Waals surface area contributed by atoms with Crippen LogP contribution in [-0.4, -0.2) is 74.7 Å². The Morgan fingerprint density at radius 2 is 1.83 bits per heavy atom. The lowest BCUT2D eigenvalue weighted by Gasteiger charge is -2.49. The van der Waals surface area contributed by atoms with Gasteiger partial charge >= 0.3 is 0 Å². The number of carbonyl (C=O) groups excluding carboxylic acids is 1. The lowest BCUT2D eigenvalue weighted by atomic mass is 9.79. The van der Waals surface area contributed by atoms with Crippen LogP contribution in [0, 0.1) is 0 Å². The third-order valence-electron chi connectivity index (χ3n) is 6.46. The molecule has 1 saturated heterocycles. The van der Waals surface area contributed by atoms with Gasteiger partial charge in [0.2, 0.25) is 10.0 Å². The summed E-state index contributed by atoms with van der Waals surface area (Å²) >= 11 is 0. The first-order valence-electron chi connectivity index (χ1n) is 11.1. The molecular formula is C22H35N3O4S. The molecule has 1 aliphatic heterocycles. The smallest absolute Gasteiger partial charge is 0.251 e. The SMILES string of the molecule is CCCS(=O)(=O)N1CCN(C2(CNC(=O)c3cccc(OC)c3)CCCCC2)CC1. The van der Waals surface area contributed by atoms with E-state index in [9.17, 15) is 13.2 Å². The maximum atomic E-state index is 12.8. The van der Waals surface area contributed by atoms with Crippen molar-refractivity contribution in [2.75, 3.05) is 45.6 Å². The number of nitrogens with one attached hydrogen (secondary N) is 1. The van der Waals surface area contributed by atoms with Crippen LogP contribution in [0.3, 0.4) is 0 Å². The highest BCUT2D eigenvalue weighted by Crippen LogP contribution is 2.34. The largest absolute Gasteiger partial charge is 0.497 e. The number of amides is 1. The van der Waals surface area contributed by atoms with Crippen molar-refractivity contribution >= 4 is 15.9 Å². The maximum absolute atomic E-state index is 12.8. The summed E-state index contributed by atoms with van der Waals surface area (Å²) in [5.41, 5.74) is 0.503.